The van der Waals surface area contributed by atoms with Crippen molar-refractivity contribution in [3.05, 3.63) is 54.0 Å². The lowest BCUT2D eigenvalue weighted by atomic mass is 10.2. The number of imidazole rings is 1. The van der Waals surface area contributed by atoms with Crippen molar-refractivity contribution in [2.45, 2.75) is 6.54 Å². The number of methoxy groups -OCH3 is 1. The average molecular weight is 282 g/mol. The highest BCUT2D eigenvalue weighted by Crippen LogP contribution is 2.12. The largest absolute Gasteiger partial charge is 0.481 e. The van der Waals surface area contributed by atoms with E-state index in [1.54, 1.807) is 37.8 Å². The van der Waals surface area contributed by atoms with Gasteiger partial charge in [-0.3, -0.25) is 4.79 Å². The Morgan fingerprint density at radius 3 is 2.95 bits per heavy atom. The van der Waals surface area contributed by atoms with Gasteiger partial charge >= 0.3 is 0 Å². The van der Waals surface area contributed by atoms with Gasteiger partial charge in [0.05, 0.1) is 24.5 Å². The topological polar surface area (TPSA) is 79.9 Å². The van der Waals surface area contributed by atoms with E-state index in [9.17, 15) is 4.79 Å². The molecule has 0 atom stereocenters. The zero-order chi connectivity index (χ0) is 14.7. The maximum atomic E-state index is 12.1. The summed E-state index contributed by atoms with van der Waals surface area (Å²) in [5.74, 6) is 0.414. The van der Waals surface area contributed by atoms with Crippen LogP contribution in [-0.4, -0.2) is 28.0 Å². The molecule has 3 rings (SSSR count). The van der Waals surface area contributed by atoms with E-state index in [1.807, 2.05) is 12.1 Å². The fraction of sp³-hybridized carbons (Fsp3) is 0.133. The van der Waals surface area contributed by atoms with Crippen LogP contribution in [0.3, 0.4) is 0 Å². The van der Waals surface area contributed by atoms with Crippen molar-refractivity contribution < 1.29 is 9.53 Å². The van der Waals surface area contributed by atoms with Crippen molar-refractivity contribution in [1.82, 2.24) is 20.3 Å². The lowest BCUT2D eigenvalue weighted by Gasteiger charge is -2.06. The summed E-state index contributed by atoms with van der Waals surface area (Å²) in [5, 5.41) is 2.86. The van der Waals surface area contributed by atoms with Gasteiger partial charge in [-0.05, 0) is 23.8 Å². The van der Waals surface area contributed by atoms with E-state index >= 15 is 0 Å². The van der Waals surface area contributed by atoms with Gasteiger partial charge in [-0.15, -0.1) is 0 Å². The molecule has 6 nitrogen and oxygen atoms in total. The molecule has 0 unspecified atom stereocenters. The molecule has 1 amide bonds. The Kier molecular flexibility index (Phi) is 3.51. The standard InChI is InChI=1S/C15H14N4O2/c1-21-14-5-2-10(7-16-14)8-17-15(20)11-3-4-12-13(6-11)19-9-18-12/h2-7,9H,8H2,1H3,(H,17,20)(H,18,19). The highest BCUT2D eigenvalue weighted by Gasteiger charge is 2.07. The van der Waals surface area contributed by atoms with E-state index in [-0.39, 0.29) is 5.91 Å². The third kappa shape index (κ3) is 2.84. The van der Waals surface area contributed by atoms with Gasteiger partial charge < -0.3 is 15.0 Å². The normalized spacial score (nSPS) is 10.5. The van der Waals surface area contributed by atoms with Crippen molar-refractivity contribution >= 4 is 16.9 Å². The van der Waals surface area contributed by atoms with Gasteiger partial charge in [-0.25, -0.2) is 9.97 Å². The Morgan fingerprint density at radius 2 is 2.19 bits per heavy atom. The average Bonchev–Trinajstić information content (AvgIpc) is 3.00. The third-order valence-corrected chi connectivity index (χ3v) is 3.14. The Labute approximate surface area is 121 Å². The molecular weight excluding hydrogens is 268 g/mol. The Bertz CT molecular complexity index is 765. The number of H-pyrrole nitrogens is 1. The van der Waals surface area contributed by atoms with Crippen molar-refractivity contribution in [2.24, 2.45) is 0 Å². The summed E-state index contributed by atoms with van der Waals surface area (Å²) in [6.45, 7) is 0.414. The molecule has 0 saturated carbocycles. The number of hydrogen-bond donors (Lipinski definition) is 2. The number of nitrogens with zero attached hydrogens (tertiary/aromatic N) is 2. The Balaban J connectivity index is 1.67. The number of aromatic amines is 1. The molecule has 1 aromatic carbocycles. The summed E-state index contributed by atoms with van der Waals surface area (Å²) >= 11 is 0. The second kappa shape index (κ2) is 5.62. The van der Waals surface area contributed by atoms with Crippen LogP contribution in [0.4, 0.5) is 0 Å². The lowest BCUT2D eigenvalue weighted by molar-refractivity contribution is 0.0951. The monoisotopic (exact) mass is 282 g/mol. The molecule has 3 aromatic rings. The number of benzene rings is 1. The van der Waals surface area contributed by atoms with Crippen LogP contribution in [0, 0.1) is 0 Å². The fourth-order valence-corrected chi connectivity index (χ4v) is 2.00. The maximum absolute atomic E-state index is 12.1. The predicted molar refractivity (Wildman–Crippen MR) is 78.1 cm³/mol. The maximum Gasteiger partial charge on any atom is 0.251 e. The van der Waals surface area contributed by atoms with Crippen LogP contribution in [0.5, 0.6) is 5.88 Å². The van der Waals surface area contributed by atoms with Gasteiger partial charge in [-0.2, -0.15) is 0 Å². The smallest absolute Gasteiger partial charge is 0.251 e. The first-order valence-corrected chi connectivity index (χ1v) is 6.46. The molecule has 106 valence electrons. The summed E-state index contributed by atoms with van der Waals surface area (Å²) in [5.41, 5.74) is 3.18. The van der Waals surface area contributed by atoms with E-state index in [0.29, 0.717) is 18.0 Å². The van der Waals surface area contributed by atoms with E-state index in [2.05, 4.69) is 20.3 Å². The van der Waals surface area contributed by atoms with E-state index in [4.69, 9.17) is 4.74 Å². The molecule has 2 N–H and O–H groups in total. The molecule has 21 heavy (non-hydrogen) atoms. The molecule has 2 aromatic heterocycles. The molecule has 0 spiro atoms. The van der Waals surface area contributed by atoms with Gasteiger partial charge in [0.15, 0.2) is 0 Å². The molecule has 0 aliphatic heterocycles. The molecule has 0 aliphatic carbocycles. The first kappa shape index (κ1) is 13.1. The Morgan fingerprint density at radius 1 is 1.29 bits per heavy atom. The minimum Gasteiger partial charge on any atom is -0.481 e. The van der Waals surface area contributed by atoms with Crippen LogP contribution in [0.1, 0.15) is 15.9 Å². The fourth-order valence-electron chi connectivity index (χ4n) is 2.00. The zero-order valence-corrected chi connectivity index (χ0v) is 11.5. The van der Waals surface area contributed by atoms with Crippen LogP contribution >= 0.6 is 0 Å². The number of carbonyl (C=O) groups is 1. The summed E-state index contributed by atoms with van der Waals surface area (Å²) in [4.78, 5) is 23.3. The molecule has 2 heterocycles. The van der Waals surface area contributed by atoms with Crippen LogP contribution in [0.2, 0.25) is 0 Å². The van der Waals surface area contributed by atoms with Gasteiger partial charge in [0, 0.05) is 24.4 Å². The van der Waals surface area contributed by atoms with Crippen LogP contribution in [0.25, 0.3) is 11.0 Å². The minimum atomic E-state index is -0.137. The molecule has 0 saturated heterocycles. The summed E-state index contributed by atoms with van der Waals surface area (Å²) < 4.78 is 4.99. The second-order valence-electron chi connectivity index (χ2n) is 4.53. The van der Waals surface area contributed by atoms with Gasteiger partial charge in [0.1, 0.15) is 0 Å². The van der Waals surface area contributed by atoms with Crippen LogP contribution in [-0.2, 0) is 6.54 Å². The zero-order valence-electron chi connectivity index (χ0n) is 11.5. The van der Waals surface area contributed by atoms with E-state index in [1.165, 1.54) is 0 Å². The van der Waals surface area contributed by atoms with Crippen molar-refractivity contribution in [2.75, 3.05) is 7.11 Å². The van der Waals surface area contributed by atoms with E-state index < -0.39 is 0 Å². The lowest BCUT2D eigenvalue weighted by Crippen LogP contribution is -2.22. The molecule has 0 bridgehead atoms. The number of hydrogen-bond acceptors (Lipinski definition) is 4. The molecule has 6 heteroatoms. The first-order valence-electron chi connectivity index (χ1n) is 6.46. The minimum absolute atomic E-state index is 0.137. The molecule has 0 fully saturated rings. The second-order valence-corrected chi connectivity index (χ2v) is 4.53. The number of fused-ring (bicyclic) bond motifs is 1. The van der Waals surface area contributed by atoms with Crippen molar-refractivity contribution in [3.8, 4) is 5.88 Å². The first-order chi connectivity index (χ1) is 10.3. The molecular formula is C15H14N4O2. The van der Waals surface area contributed by atoms with Crippen LogP contribution in [0.15, 0.2) is 42.9 Å². The van der Waals surface area contributed by atoms with Gasteiger partial charge in [0.25, 0.3) is 5.91 Å². The highest BCUT2D eigenvalue weighted by molar-refractivity contribution is 5.97. The molecule has 0 radical (unpaired) electrons. The third-order valence-electron chi connectivity index (χ3n) is 3.14. The number of carbonyl (C=O) groups excluding carboxylic acids is 1. The highest BCUT2D eigenvalue weighted by atomic mass is 16.5. The Hall–Kier alpha value is -2.89. The van der Waals surface area contributed by atoms with Crippen molar-refractivity contribution in [1.29, 1.82) is 0 Å². The summed E-state index contributed by atoms with van der Waals surface area (Å²) in [6.07, 6.45) is 3.28. The summed E-state index contributed by atoms with van der Waals surface area (Å²) in [6, 6.07) is 8.98. The summed E-state index contributed by atoms with van der Waals surface area (Å²) in [7, 11) is 1.56. The number of pyridine rings is 1. The number of nitrogens with one attached hydrogen (secondary N) is 2. The van der Waals surface area contributed by atoms with Crippen LogP contribution < -0.4 is 10.1 Å². The van der Waals surface area contributed by atoms with Crippen molar-refractivity contribution in [3.63, 3.8) is 0 Å². The van der Waals surface area contributed by atoms with E-state index in [0.717, 1.165) is 16.6 Å². The van der Waals surface area contributed by atoms with Gasteiger partial charge in [-0.1, -0.05) is 6.07 Å². The predicted octanol–water partition coefficient (Wildman–Crippen LogP) is 1.90. The van der Waals surface area contributed by atoms with Gasteiger partial charge in [0.2, 0.25) is 5.88 Å². The quantitative estimate of drug-likeness (QED) is 0.766. The number of ether oxygens (including phenoxy) is 1. The number of amides is 1. The SMILES string of the molecule is COc1ccc(CNC(=O)c2ccc3nc[nH]c3c2)cn1. The molecule has 0 aliphatic rings. The number of aromatic nitrogens is 3. The number of rotatable bonds is 4.